The fraction of sp³-hybridized carbons (Fsp3) is 0.435. The molecule has 0 aliphatic carbocycles. The molecule has 1 saturated heterocycles. The van der Waals surface area contributed by atoms with Crippen molar-refractivity contribution in [3.8, 4) is 0 Å². The van der Waals surface area contributed by atoms with Crippen LogP contribution in [0, 0.1) is 5.92 Å². The monoisotopic (exact) mass is 400 g/mol. The standard InChI is InChI=1S/C23H29NO5/c1-17-20(12-18-8-4-2-5-9-18)22(15-26-14-21(24)23(25)29-17)28-16-27-13-19-10-6-3-7-11-19/h2-11,17,20-22H,12-16,24H2,1H3/p+1/t17-,20-,21-,22-/m0/s1. The largest absolute Gasteiger partial charge is 0.458 e. The van der Waals surface area contributed by atoms with Gasteiger partial charge in [0.2, 0.25) is 6.04 Å². The average Bonchev–Trinajstić information content (AvgIpc) is 2.78. The smallest absolute Gasteiger partial charge is 0.367 e. The predicted octanol–water partition coefficient (Wildman–Crippen LogP) is 1.98. The molecule has 2 aromatic rings. The number of rotatable bonds is 7. The highest BCUT2D eigenvalue weighted by Gasteiger charge is 2.35. The van der Waals surface area contributed by atoms with Crippen LogP contribution in [-0.2, 0) is 36.8 Å². The van der Waals surface area contributed by atoms with Crippen molar-refractivity contribution in [1.29, 1.82) is 0 Å². The van der Waals surface area contributed by atoms with Crippen molar-refractivity contribution in [2.45, 2.75) is 38.2 Å². The molecule has 0 radical (unpaired) electrons. The Morgan fingerprint density at radius 3 is 2.34 bits per heavy atom. The second kappa shape index (κ2) is 11.1. The first-order valence-electron chi connectivity index (χ1n) is 10.0. The van der Waals surface area contributed by atoms with Crippen LogP contribution >= 0.6 is 0 Å². The van der Waals surface area contributed by atoms with Gasteiger partial charge in [0.25, 0.3) is 0 Å². The molecular formula is C23H30NO5+. The highest BCUT2D eigenvalue weighted by atomic mass is 16.7. The number of esters is 1. The maximum Gasteiger partial charge on any atom is 0.367 e. The van der Waals surface area contributed by atoms with E-state index in [1.54, 1.807) is 0 Å². The zero-order valence-corrected chi connectivity index (χ0v) is 16.9. The van der Waals surface area contributed by atoms with Crippen LogP contribution in [0.5, 0.6) is 0 Å². The molecular weight excluding hydrogens is 370 g/mol. The fourth-order valence-electron chi connectivity index (χ4n) is 3.41. The first kappa shape index (κ1) is 21.5. The number of quaternary nitrogens is 1. The van der Waals surface area contributed by atoms with E-state index in [-0.39, 0.29) is 37.5 Å². The van der Waals surface area contributed by atoms with Gasteiger partial charge >= 0.3 is 5.97 Å². The molecule has 0 unspecified atom stereocenters. The highest BCUT2D eigenvalue weighted by molar-refractivity contribution is 5.74. The van der Waals surface area contributed by atoms with E-state index in [9.17, 15) is 4.79 Å². The van der Waals surface area contributed by atoms with Crippen LogP contribution in [0.1, 0.15) is 18.1 Å². The van der Waals surface area contributed by atoms with Crippen LogP contribution in [0.4, 0.5) is 0 Å². The lowest BCUT2D eigenvalue weighted by Crippen LogP contribution is -2.67. The van der Waals surface area contributed by atoms with Gasteiger partial charge in [-0.1, -0.05) is 60.7 Å². The zero-order valence-electron chi connectivity index (χ0n) is 16.9. The van der Waals surface area contributed by atoms with Crippen LogP contribution in [0.2, 0.25) is 0 Å². The molecule has 1 aliphatic heterocycles. The van der Waals surface area contributed by atoms with E-state index in [0.29, 0.717) is 19.6 Å². The Kier molecular flexibility index (Phi) is 8.19. The Hall–Kier alpha value is -2.25. The van der Waals surface area contributed by atoms with Crippen LogP contribution in [0.25, 0.3) is 0 Å². The van der Waals surface area contributed by atoms with Crippen LogP contribution in [-0.4, -0.2) is 44.2 Å². The second-order valence-electron chi connectivity index (χ2n) is 7.39. The summed E-state index contributed by atoms with van der Waals surface area (Å²) in [5, 5.41) is 0. The van der Waals surface area contributed by atoms with Gasteiger partial charge in [0, 0.05) is 5.92 Å². The summed E-state index contributed by atoms with van der Waals surface area (Å²) in [5.74, 6) is -0.400. The quantitative estimate of drug-likeness (QED) is 0.437. The van der Waals surface area contributed by atoms with Crippen LogP contribution < -0.4 is 5.73 Å². The third kappa shape index (κ3) is 6.65. The van der Waals surface area contributed by atoms with Gasteiger partial charge in [0.1, 0.15) is 19.5 Å². The van der Waals surface area contributed by atoms with Gasteiger partial charge in [-0.2, -0.15) is 0 Å². The van der Waals surface area contributed by atoms with E-state index >= 15 is 0 Å². The summed E-state index contributed by atoms with van der Waals surface area (Å²) in [6.45, 7) is 3.10. The summed E-state index contributed by atoms with van der Waals surface area (Å²) < 4.78 is 23.2. The van der Waals surface area contributed by atoms with Crippen molar-refractivity contribution in [2.75, 3.05) is 20.0 Å². The third-order valence-electron chi connectivity index (χ3n) is 5.11. The van der Waals surface area contributed by atoms with E-state index < -0.39 is 6.04 Å². The van der Waals surface area contributed by atoms with E-state index in [4.69, 9.17) is 18.9 Å². The lowest BCUT2D eigenvalue weighted by atomic mass is 9.89. The van der Waals surface area contributed by atoms with Gasteiger partial charge in [0.15, 0.2) is 0 Å². The molecule has 156 valence electrons. The van der Waals surface area contributed by atoms with Crippen molar-refractivity contribution < 1.29 is 29.5 Å². The zero-order chi connectivity index (χ0) is 20.5. The number of hydrogen-bond donors (Lipinski definition) is 1. The molecule has 0 spiro atoms. The molecule has 0 bridgehead atoms. The van der Waals surface area contributed by atoms with E-state index in [0.717, 1.165) is 11.1 Å². The summed E-state index contributed by atoms with van der Waals surface area (Å²) in [5.41, 5.74) is 6.08. The molecule has 4 atom stereocenters. The molecule has 29 heavy (non-hydrogen) atoms. The fourth-order valence-corrected chi connectivity index (χ4v) is 3.41. The number of carbonyl (C=O) groups is 1. The van der Waals surface area contributed by atoms with Crippen LogP contribution in [0.15, 0.2) is 60.7 Å². The molecule has 1 heterocycles. The molecule has 0 aromatic heterocycles. The molecule has 1 fully saturated rings. The van der Waals surface area contributed by atoms with Gasteiger partial charge in [-0.25, -0.2) is 4.79 Å². The number of benzene rings is 2. The minimum atomic E-state index is -0.539. The molecule has 2 aromatic carbocycles. The van der Waals surface area contributed by atoms with E-state index in [1.807, 2.05) is 55.5 Å². The molecule has 6 heteroatoms. The van der Waals surface area contributed by atoms with Crippen molar-refractivity contribution >= 4 is 5.97 Å². The topological polar surface area (TPSA) is 81.6 Å². The summed E-state index contributed by atoms with van der Waals surface area (Å²) >= 11 is 0. The SMILES string of the molecule is C[C@@H]1OC(=O)[C@@H]([NH3+])COC[C@H](OCOCc2ccccc2)[C@H]1Cc1ccccc1. The molecule has 3 N–H and O–H groups in total. The lowest BCUT2D eigenvalue weighted by molar-refractivity contribution is -0.415. The maximum absolute atomic E-state index is 12.2. The van der Waals surface area contributed by atoms with Crippen molar-refractivity contribution in [3.63, 3.8) is 0 Å². The van der Waals surface area contributed by atoms with Crippen molar-refractivity contribution in [3.05, 3.63) is 71.8 Å². The Bertz CT molecular complexity index is 739. The van der Waals surface area contributed by atoms with E-state index in [2.05, 4.69) is 17.9 Å². The average molecular weight is 400 g/mol. The van der Waals surface area contributed by atoms with Crippen molar-refractivity contribution in [2.24, 2.45) is 5.92 Å². The first-order chi connectivity index (χ1) is 14.1. The molecule has 6 nitrogen and oxygen atoms in total. The third-order valence-corrected chi connectivity index (χ3v) is 5.11. The normalized spacial score (nSPS) is 25.5. The maximum atomic E-state index is 12.2. The first-order valence-corrected chi connectivity index (χ1v) is 10.0. The van der Waals surface area contributed by atoms with Gasteiger partial charge in [-0.15, -0.1) is 0 Å². The second-order valence-corrected chi connectivity index (χ2v) is 7.39. The minimum absolute atomic E-state index is 0.0630. The van der Waals surface area contributed by atoms with Gasteiger partial charge in [-0.05, 0) is 24.5 Å². The summed E-state index contributed by atoms with van der Waals surface area (Å²) in [6, 6.07) is 19.5. The Morgan fingerprint density at radius 2 is 1.66 bits per heavy atom. The molecule has 0 saturated carbocycles. The molecule has 3 rings (SSSR count). The number of ether oxygens (including phenoxy) is 4. The highest BCUT2D eigenvalue weighted by Crippen LogP contribution is 2.23. The summed E-state index contributed by atoms with van der Waals surface area (Å²) in [7, 11) is 0. The van der Waals surface area contributed by atoms with Crippen LogP contribution in [0.3, 0.4) is 0 Å². The minimum Gasteiger partial charge on any atom is -0.458 e. The Labute approximate surface area is 171 Å². The number of carbonyl (C=O) groups excluding carboxylic acids is 1. The van der Waals surface area contributed by atoms with Gasteiger partial charge < -0.3 is 24.7 Å². The summed E-state index contributed by atoms with van der Waals surface area (Å²) in [6.07, 6.45) is 0.121. The predicted molar refractivity (Wildman–Crippen MR) is 108 cm³/mol. The number of hydrogen-bond acceptors (Lipinski definition) is 5. The lowest BCUT2D eigenvalue weighted by Gasteiger charge is -2.30. The molecule has 1 aliphatic rings. The van der Waals surface area contributed by atoms with Crippen molar-refractivity contribution in [1.82, 2.24) is 0 Å². The number of cyclic esters (lactones) is 1. The molecule has 0 amide bonds. The van der Waals surface area contributed by atoms with Gasteiger partial charge in [-0.3, -0.25) is 0 Å². The Morgan fingerprint density at radius 1 is 1.00 bits per heavy atom. The van der Waals surface area contributed by atoms with E-state index in [1.165, 1.54) is 0 Å². The summed E-state index contributed by atoms with van der Waals surface area (Å²) in [4.78, 5) is 12.2. The Balaban J connectivity index is 1.65. The van der Waals surface area contributed by atoms with Gasteiger partial charge in [0.05, 0.1) is 19.3 Å².